The summed E-state index contributed by atoms with van der Waals surface area (Å²) in [5.74, 6) is 1.22. The van der Waals surface area contributed by atoms with Crippen molar-refractivity contribution in [2.75, 3.05) is 0 Å². The Morgan fingerprint density at radius 2 is 1.85 bits per heavy atom. The molecule has 0 unspecified atom stereocenters. The molecule has 0 fully saturated rings. The van der Waals surface area contributed by atoms with Gasteiger partial charge in [-0.15, -0.1) is 0 Å². The van der Waals surface area contributed by atoms with E-state index in [1.54, 1.807) is 6.07 Å². The molecule has 2 aromatic carbocycles. The van der Waals surface area contributed by atoms with Crippen LogP contribution < -0.4 is 10.1 Å². The van der Waals surface area contributed by atoms with Crippen molar-refractivity contribution in [2.45, 2.75) is 33.0 Å². The lowest BCUT2D eigenvalue weighted by Gasteiger charge is -2.11. The minimum absolute atomic E-state index is 0.180. The fourth-order valence-electron chi connectivity index (χ4n) is 2.00. The molecule has 0 aromatic heterocycles. The number of phenols is 1. The number of benzene rings is 2. The van der Waals surface area contributed by atoms with Gasteiger partial charge in [0.25, 0.3) is 0 Å². The number of nitrogens with one attached hydrogen (secondary N) is 1. The second kappa shape index (κ2) is 6.96. The van der Waals surface area contributed by atoms with E-state index in [0.29, 0.717) is 12.3 Å². The summed E-state index contributed by atoms with van der Waals surface area (Å²) in [6.07, 6.45) is 0.180. The molecular formula is C17H21NO2. The Morgan fingerprint density at radius 3 is 2.60 bits per heavy atom. The standard InChI is InChI=1S/C17H21NO2/c1-13(2)20-16-8-5-6-14(10-16)11-18-12-15-7-3-4-9-17(15)19/h3-10,13,18-19H,11-12H2,1-2H3. The normalized spacial score (nSPS) is 10.8. The molecule has 2 rings (SSSR count). The van der Waals surface area contributed by atoms with Crippen LogP contribution in [0, 0.1) is 0 Å². The number of ether oxygens (including phenoxy) is 1. The Hall–Kier alpha value is -2.00. The van der Waals surface area contributed by atoms with Crippen LogP contribution in [0.2, 0.25) is 0 Å². The lowest BCUT2D eigenvalue weighted by atomic mass is 10.2. The van der Waals surface area contributed by atoms with Crippen LogP contribution in [0.4, 0.5) is 0 Å². The smallest absolute Gasteiger partial charge is 0.120 e. The van der Waals surface area contributed by atoms with Crippen molar-refractivity contribution in [2.24, 2.45) is 0 Å². The Labute approximate surface area is 120 Å². The van der Waals surface area contributed by atoms with Crippen molar-refractivity contribution in [1.82, 2.24) is 5.32 Å². The van der Waals surface area contributed by atoms with Gasteiger partial charge in [0.15, 0.2) is 0 Å². The van der Waals surface area contributed by atoms with E-state index in [4.69, 9.17) is 4.74 Å². The summed E-state index contributed by atoms with van der Waals surface area (Å²) >= 11 is 0. The Balaban J connectivity index is 1.89. The fraction of sp³-hybridized carbons (Fsp3) is 0.294. The van der Waals surface area contributed by atoms with Crippen molar-refractivity contribution >= 4 is 0 Å². The first kappa shape index (κ1) is 14.4. The Bertz CT molecular complexity index is 552. The SMILES string of the molecule is CC(C)Oc1cccc(CNCc2ccccc2O)c1. The number of phenolic OH excluding ortho intramolecular Hbond substituents is 1. The molecule has 2 aromatic rings. The van der Waals surface area contributed by atoms with Gasteiger partial charge >= 0.3 is 0 Å². The molecule has 0 bridgehead atoms. The monoisotopic (exact) mass is 271 g/mol. The first-order chi connectivity index (χ1) is 9.65. The summed E-state index contributed by atoms with van der Waals surface area (Å²) in [7, 11) is 0. The summed E-state index contributed by atoms with van der Waals surface area (Å²) < 4.78 is 5.67. The van der Waals surface area contributed by atoms with Crippen LogP contribution in [0.1, 0.15) is 25.0 Å². The molecule has 3 heteroatoms. The van der Waals surface area contributed by atoms with Crippen LogP contribution in [-0.4, -0.2) is 11.2 Å². The third-order valence-corrected chi connectivity index (χ3v) is 2.91. The van der Waals surface area contributed by atoms with E-state index in [9.17, 15) is 5.11 Å². The molecule has 20 heavy (non-hydrogen) atoms. The molecule has 106 valence electrons. The zero-order valence-electron chi connectivity index (χ0n) is 12.0. The fourth-order valence-corrected chi connectivity index (χ4v) is 2.00. The van der Waals surface area contributed by atoms with Gasteiger partial charge in [0.1, 0.15) is 11.5 Å². The molecule has 0 radical (unpaired) electrons. The molecule has 2 N–H and O–H groups in total. The minimum Gasteiger partial charge on any atom is -0.508 e. The largest absolute Gasteiger partial charge is 0.508 e. The third-order valence-electron chi connectivity index (χ3n) is 2.91. The number of aromatic hydroxyl groups is 1. The zero-order chi connectivity index (χ0) is 14.4. The van der Waals surface area contributed by atoms with E-state index < -0.39 is 0 Å². The maximum atomic E-state index is 9.69. The van der Waals surface area contributed by atoms with Gasteiger partial charge in [-0.1, -0.05) is 30.3 Å². The van der Waals surface area contributed by atoms with Gasteiger partial charge in [0.05, 0.1) is 6.10 Å². The highest BCUT2D eigenvalue weighted by Gasteiger charge is 2.01. The van der Waals surface area contributed by atoms with Gasteiger partial charge in [0, 0.05) is 18.7 Å². The number of hydrogen-bond acceptors (Lipinski definition) is 3. The van der Waals surface area contributed by atoms with Gasteiger partial charge in [-0.2, -0.15) is 0 Å². The second-order valence-electron chi connectivity index (χ2n) is 5.05. The van der Waals surface area contributed by atoms with Crippen LogP contribution in [-0.2, 0) is 13.1 Å². The maximum Gasteiger partial charge on any atom is 0.120 e. The molecule has 0 saturated carbocycles. The zero-order valence-corrected chi connectivity index (χ0v) is 12.0. The molecule has 0 amide bonds. The molecule has 0 aliphatic rings. The molecular weight excluding hydrogens is 250 g/mol. The van der Waals surface area contributed by atoms with Crippen molar-refractivity contribution in [3.8, 4) is 11.5 Å². The number of para-hydroxylation sites is 1. The maximum absolute atomic E-state index is 9.69. The average Bonchev–Trinajstić information content (AvgIpc) is 2.41. The summed E-state index contributed by atoms with van der Waals surface area (Å²) in [5.41, 5.74) is 2.07. The van der Waals surface area contributed by atoms with Crippen LogP contribution in [0.25, 0.3) is 0 Å². The van der Waals surface area contributed by atoms with Gasteiger partial charge < -0.3 is 15.2 Å². The van der Waals surface area contributed by atoms with E-state index >= 15 is 0 Å². The van der Waals surface area contributed by atoms with Crippen molar-refractivity contribution < 1.29 is 9.84 Å². The molecule has 0 spiro atoms. The average molecular weight is 271 g/mol. The summed E-state index contributed by atoms with van der Waals surface area (Å²) in [5, 5.41) is 13.0. The second-order valence-corrected chi connectivity index (χ2v) is 5.05. The quantitative estimate of drug-likeness (QED) is 0.845. The third kappa shape index (κ3) is 4.28. The van der Waals surface area contributed by atoms with Gasteiger partial charge in [0.2, 0.25) is 0 Å². The van der Waals surface area contributed by atoms with Crippen molar-refractivity contribution in [3.05, 3.63) is 59.7 Å². The number of rotatable bonds is 6. The Kier molecular flexibility index (Phi) is 5.02. The molecule has 3 nitrogen and oxygen atoms in total. The van der Waals surface area contributed by atoms with Gasteiger partial charge in [-0.05, 0) is 37.6 Å². The van der Waals surface area contributed by atoms with E-state index in [1.165, 1.54) is 5.56 Å². The Morgan fingerprint density at radius 1 is 1.05 bits per heavy atom. The van der Waals surface area contributed by atoms with Crippen LogP contribution >= 0.6 is 0 Å². The predicted molar refractivity (Wildman–Crippen MR) is 80.9 cm³/mol. The van der Waals surface area contributed by atoms with Gasteiger partial charge in [-0.25, -0.2) is 0 Å². The summed E-state index contributed by atoms with van der Waals surface area (Å²) in [6.45, 7) is 5.41. The van der Waals surface area contributed by atoms with Crippen LogP contribution in [0.5, 0.6) is 11.5 Å². The molecule has 0 atom stereocenters. The van der Waals surface area contributed by atoms with Crippen molar-refractivity contribution in [3.63, 3.8) is 0 Å². The molecule has 0 saturated heterocycles. The highest BCUT2D eigenvalue weighted by atomic mass is 16.5. The first-order valence-corrected chi connectivity index (χ1v) is 6.88. The van der Waals surface area contributed by atoms with E-state index in [-0.39, 0.29) is 6.10 Å². The lowest BCUT2D eigenvalue weighted by Crippen LogP contribution is -2.13. The lowest BCUT2D eigenvalue weighted by molar-refractivity contribution is 0.242. The summed E-state index contributed by atoms with van der Waals surface area (Å²) in [4.78, 5) is 0. The molecule has 0 aliphatic carbocycles. The predicted octanol–water partition coefficient (Wildman–Crippen LogP) is 3.47. The van der Waals surface area contributed by atoms with Crippen LogP contribution in [0.15, 0.2) is 48.5 Å². The first-order valence-electron chi connectivity index (χ1n) is 6.88. The topological polar surface area (TPSA) is 41.5 Å². The number of hydrogen-bond donors (Lipinski definition) is 2. The minimum atomic E-state index is 0.180. The highest BCUT2D eigenvalue weighted by Crippen LogP contribution is 2.17. The molecule has 0 heterocycles. The summed E-state index contributed by atoms with van der Waals surface area (Å²) in [6, 6.07) is 15.4. The van der Waals surface area contributed by atoms with Gasteiger partial charge in [-0.3, -0.25) is 0 Å². The highest BCUT2D eigenvalue weighted by molar-refractivity contribution is 5.32. The van der Waals surface area contributed by atoms with E-state index in [2.05, 4.69) is 11.4 Å². The molecule has 0 aliphatic heterocycles. The van der Waals surface area contributed by atoms with E-state index in [1.807, 2.05) is 50.2 Å². The van der Waals surface area contributed by atoms with E-state index in [0.717, 1.165) is 17.9 Å². The van der Waals surface area contributed by atoms with Crippen LogP contribution in [0.3, 0.4) is 0 Å². The van der Waals surface area contributed by atoms with Crippen molar-refractivity contribution in [1.29, 1.82) is 0 Å².